The van der Waals surface area contributed by atoms with Crippen molar-refractivity contribution in [1.29, 1.82) is 0 Å². The van der Waals surface area contributed by atoms with Gasteiger partial charge in [-0.2, -0.15) is 0 Å². The first-order chi connectivity index (χ1) is 13.0. The molecule has 1 fully saturated rings. The van der Waals surface area contributed by atoms with E-state index in [4.69, 9.17) is 27.9 Å². The molecule has 5 nitrogen and oxygen atoms in total. The van der Waals surface area contributed by atoms with Crippen LogP contribution in [0.2, 0.25) is 10.0 Å². The lowest BCUT2D eigenvalue weighted by Crippen LogP contribution is -2.59. The van der Waals surface area contributed by atoms with Crippen molar-refractivity contribution in [3.63, 3.8) is 0 Å². The summed E-state index contributed by atoms with van der Waals surface area (Å²) in [6.45, 7) is 2.74. The fourth-order valence-corrected chi connectivity index (χ4v) is 3.34. The Labute approximate surface area is 168 Å². The molecule has 0 bridgehead atoms. The Hall–Kier alpha value is -2.24. The third-order valence-corrected chi connectivity index (χ3v) is 5.14. The lowest BCUT2D eigenvalue weighted by atomic mass is 10.1. The molecule has 142 valence electrons. The van der Waals surface area contributed by atoms with Crippen molar-refractivity contribution in [3.8, 4) is 5.75 Å². The summed E-state index contributed by atoms with van der Waals surface area (Å²) in [5, 5.41) is 1.22. The molecule has 1 aliphatic rings. The van der Waals surface area contributed by atoms with Crippen LogP contribution in [0, 0.1) is 0 Å². The van der Waals surface area contributed by atoms with Gasteiger partial charge in [0.1, 0.15) is 24.9 Å². The summed E-state index contributed by atoms with van der Waals surface area (Å²) < 4.78 is 5.64. The summed E-state index contributed by atoms with van der Waals surface area (Å²) in [5.41, 5.74) is 0.826. The van der Waals surface area contributed by atoms with E-state index in [2.05, 4.69) is 0 Å². The monoisotopic (exact) mass is 406 g/mol. The number of nitrogens with zero attached hydrogens (tertiary/aromatic N) is 2. The van der Waals surface area contributed by atoms with Gasteiger partial charge in [0, 0.05) is 16.6 Å². The number of benzene rings is 2. The maximum Gasteiger partial charge on any atom is 0.245 e. The Morgan fingerprint density at radius 3 is 2.48 bits per heavy atom. The highest BCUT2D eigenvalue weighted by Crippen LogP contribution is 2.21. The zero-order valence-electron chi connectivity index (χ0n) is 14.9. The van der Waals surface area contributed by atoms with Crippen LogP contribution in [0.4, 0.5) is 0 Å². The van der Waals surface area contributed by atoms with E-state index >= 15 is 0 Å². The smallest absolute Gasteiger partial charge is 0.245 e. The van der Waals surface area contributed by atoms with E-state index in [1.165, 1.54) is 0 Å². The molecule has 0 N–H and O–H groups in total. The van der Waals surface area contributed by atoms with Gasteiger partial charge in [-0.1, -0.05) is 41.4 Å². The molecule has 7 heteroatoms. The van der Waals surface area contributed by atoms with Crippen LogP contribution in [0.5, 0.6) is 5.75 Å². The molecular formula is C20H20Cl2N2O3. The van der Waals surface area contributed by atoms with E-state index in [-0.39, 0.29) is 18.4 Å². The zero-order chi connectivity index (χ0) is 19.4. The topological polar surface area (TPSA) is 49.9 Å². The molecule has 0 aliphatic carbocycles. The summed E-state index contributed by atoms with van der Waals surface area (Å²) >= 11 is 12.0. The molecule has 1 aliphatic heterocycles. The number of ether oxygens (including phenoxy) is 1. The number of piperazine rings is 1. The average molecular weight is 407 g/mol. The third kappa shape index (κ3) is 4.73. The molecular weight excluding hydrogens is 387 g/mol. The van der Waals surface area contributed by atoms with Crippen LogP contribution >= 0.6 is 23.2 Å². The third-order valence-electron chi connectivity index (χ3n) is 4.52. The Morgan fingerprint density at radius 1 is 1.07 bits per heavy atom. The van der Waals surface area contributed by atoms with Crippen molar-refractivity contribution >= 4 is 35.0 Å². The normalized spacial score (nSPS) is 17.4. The number of halogens is 2. The lowest BCUT2D eigenvalue weighted by molar-refractivity contribution is -0.155. The van der Waals surface area contributed by atoms with Crippen molar-refractivity contribution < 1.29 is 14.3 Å². The minimum atomic E-state index is -0.539. The zero-order valence-corrected chi connectivity index (χ0v) is 16.4. The molecule has 0 saturated carbocycles. The van der Waals surface area contributed by atoms with Gasteiger partial charge in [-0.05, 0) is 42.8 Å². The van der Waals surface area contributed by atoms with Crippen LogP contribution in [0.1, 0.15) is 12.5 Å². The first-order valence-electron chi connectivity index (χ1n) is 8.65. The van der Waals surface area contributed by atoms with E-state index < -0.39 is 6.04 Å². The van der Waals surface area contributed by atoms with E-state index in [1.54, 1.807) is 47.1 Å². The molecule has 0 radical (unpaired) electrons. The number of amides is 2. The van der Waals surface area contributed by atoms with E-state index in [1.807, 2.05) is 18.2 Å². The Balaban J connectivity index is 1.58. The summed E-state index contributed by atoms with van der Waals surface area (Å²) in [5.74, 6) is 0.470. The molecule has 2 aromatic carbocycles. The first-order valence-corrected chi connectivity index (χ1v) is 9.41. The van der Waals surface area contributed by atoms with Crippen molar-refractivity contribution in [3.05, 3.63) is 64.1 Å². The average Bonchev–Trinajstić information content (AvgIpc) is 2.65. The molecule has 1 atom stereocenters. The van der Waals surface area contributed by atoms with E-state index in [0.717, 1.165) is 5.56 Å². The van der Waals surface area contributed by atoms with Crippen molar-refractivity contribution in [2.75, 3.05) is 19.7 Å². The van der Waals surface area contributed by atoms with Gasteiger partial charge < -0.3 is 14.5 Å². The summed E-state index contributed by atoms with van der Waals surface area (Å²) in [6.07, 6.45) is 0. The van der Waals surface area contributed by atoms with Gasteiger partial charge in [-0.15, -0.1) is 0 Å². The van der Waals surface area contributed by atoms with Crippen molar-refractivity contribution in [2.45, 2.75) is 19.5 Å². The number of carbonyl (C=O) groups excluding carboxylic acids is 2. The van der Waals surface area contributed by atoms with Crippen LogP contribution in [-0.4, -0.2) is 47.4 Å². The van der Waals surface area contributed by atoms with Crippen LogP contribution in [0.3, 0.4) is 0 Å². The molecule has 2 aromatic rings. The lowest BCUT2D eigenvalue weighted by Gasteiger charge is -2.38. The van der Waals surface area contributed by atoms with Crippen molar-refractivity contribution in [1.82, 2.24) is 9.80 Å². The van der Waals surface area contributed by atoms with E-state index in [0.29, 0.717) is 35.5 Å². The number of hydrogen-bond acceptors (Lipinski definition) is 3. The van der Waals surface area contributed by atoms with Crippen LogP contribution in [0.25, 0.3) is 0 Å². The van der Waals surface area contributed by atoms with Gasteiger partial charge >= 0.3 is 0 Å². The van der Waals surface area contributed by atoms with Gasteiger partial charge in [0.25, 0.3) is 0 Å². The highest BCUT2D eigenvalue weighted by molar-refractivity contribution is 6.31. The SMILES string of the molecule is C[C@H]1C(=O)N(Cc2ccccc2Cl)CC(=O)N1CCOc1ccc(Cl)cc1. The maximum absolute atomic E-state index is 12.7. The van der Waals surface area contributed by atoms with Crippen LogP contribution < -0.4 is 4.74 Å². The first kappa shape index (κ1) is 19.5. The minimum Gasteiger partial charge on any atom is -0.492 e. The highest BCUT2D eigenvalue weighted by atomic mass is 35.5. The number of hydrogen-bond donors (Lipinski definition) is 0. The second-order valence-corrected chi connectivity index (χ2v) is 7.19. The fraction of sp³-hybridized carbons (Fsp3) is 0.300. The molecule has 27 heavy (non-hydrogen) atoms. The van der Waals surface area contributed by atoms with Gasteiger partial charge in [-0.25, -0.2) is 0 Å². The van der Waals surface area contributed by atoms with E-state index in [9.17, 15) is 9.59 Å². The number of rotatable bonds is 6. The van der Waals surface area contributed by atoms with Gasteiger partial charge in [0.2, 0.25) is 11.8 Å². The second-order valence-electron chi connectivity index (χ2n) is 6.35. The molecule has 0 spiro atoms. The predicted octanol–water partition coefficient (Wildman–Crippen LogP) is 3.63. The summed E-state index contributed by atoms with van der Waals surface area (Å²) in [4.78, 5) is 28.4. The largest absolute Gasteiger partial charge is 0.492 e. The van der Waals surface area contributed by atoms with Gasteiger partial charge in [-0.3, -0.25) is 9.59 Å². The van der Waals surface area contributed by atoms with Gasteiger partial charge in [0.15, 0.2) is 0 Å². The molecule has 0 aromatic heterocycles. The van der Waals surface area contributed by atoms with Crippen molar-refractivity contribution in [2.24, 2.45) is 0 Å². The molecule has 3 rings (SSSR count). The van der Waals surface area contributed by atoms with Crippen LogP contribution in [-0.2, 0) is 16.1 Å². The fourth-order valence-electron chi connectivity index (χ4n) is 3.02. The Kier molecular flexibility index (Phi) is 6.24. The Bertz CT molecular complexity index is 826. The Morgan fingerprint density at radius 2 is 1.78 bits per heavy atom. The number of carbonyl (C=O) groups is 2. The molecule has 0 unspecified atom stereocenters. The maximum atomic E-state index is 12.7. The quantitative estimate of drug-likeness (QED) is 0.735. The van der Waals surface area contributed by atoms with Gasteiger partial charge in [0.05, 0.1) is 6.54 Å². The predicted molar refractivity (Wildman–Crippen MR) is 105 cm³/mol. The summed E-state index contributed by atoms with van der Waals surface area (Å²) in [6, 6.07) is 13.8. The second kappa shape index (κ2) is 8.63. The molecule has 1 saturated heterocycles. The molecule has 2 amide bonds. The molecule has 1 heterocycles. The minimum absolute atomic E-state index is 0.0370. The highest BCUT2D eigenvalue weighted by Gasteiger charge is 2.36. The standard InChI is InChI=1S/C20H20Cl2N2O3/c1-14-20(26)23(12-15-4-2-3-5-18(15)22)13-19(25)24(14)10-11-27-17-8-6-16(21)7-9-17/h2-9,14H,10-13H2,1H3/t14-/m0/s1. The summed E-state index contributed by atoms with van der Waals surface area (Å²) in [7, 11) is 0. The van der Waals surface area contributed by atoms with Crippen LogP contribution in [0.15, 0.2) is 48.5 Å².